The van der Waals surface area contributed by atoms with Crippen LogP contribution in [0.15, 0.2) is 66.9 Å². The van der Waals surface area contributed by atoms with Crippen LogP contribution in [0.3, 0.4) is 0 Å². The second-order valence-electron chi connectivity index (χ2n) is 7.45. The van der Waals surface area contributed by atoms with Gasteiger partial charge in [-0.15, -0.1) is 0 Å². The van der Waals surface area contributed by atoms with E-state index in [-0.39, 0.29) is 17.2 Å². The number of amides is 1. The summed E-state index contributed by atoms with van der Waals surface area (Å²) in [5.74, 6) is -0.607. The maximum absolute atomic E-state index is 13.0. The molecule has 29 heavy (non-hydrogen) atoms. The molecule has 3 rings (SSSR count). The van der Waals surface area contributed by atoms with Crippen molar-refractivity contribution >= 4 is 11.9 Å². The third-order valence-corrected chi connectivity index (χ3v) is 4.75. The molecule has 0 saturated carbocycles. The molecule has 0 radical (unpaired) electrons. The number of esters is 1. The van der Waals surface area contributed by atoms with E-state index in [1.165, 1.54) is 0 Å². The van der Waals surface area contributed by atoms with Crippen molar-refractivity contribution in [3.05, 3.63) is 94.8 Å². The minimum absolute atomic E-state index is 0.217. The Hall–Kier alpha value is -3.47. The first-order chi connectivity index (χ1) is 13.8. The van der Waals surface area contributed by atoms with E-state index in [9.17, 15) is 9.59 Å². The van der Waals surface area contributed by atoms with Gasteiger partial charge in [0.05, 0.1) is 22.4 Å². The summed E-state index contributed by atoms with van der Waals surface area (Å²) in [5, 5.41) is 2.97. The van der Waals surface area contributed by atoms with Gasteiger partial charge in [-0.3, -0.25) is 9.78 Å². The van der Waals surface area contributed by atoms with E-state index < -0.39 is 11.5 Å². The summed E-state index contributed by atoms with van der Waals surface area (Å²) in [6.07, 6.45) is 1.68. The molecule has 1 N–H and O–H groups in total. The van der Waals surface area contributed by atoms with Gasteiger partial charge in [0.15, 0.2) is 0 Å². The highest BCUT2D eigenvalue weighted by molar-refractivity contribution is 6.00. The highest BCUT2D eigenvalue weighted by Crippen LogP contribution is 2.24. The Balaban J connectivity index is 1.85. The molecular formula is C24H24N2O3. The average molecular weight is 388 g/mol. The molecule has 0 unspecified atom stereocenters. The third kappa shape index (κ3) is 4.51. The Labute approximate surface area is 170 Å². The third-order valence-electron chi connectivity index (χ3n) is 4.75. The molecule has 0 atom stereocenters. The SMILES string of the molecule is Cc1cccc(C)c1C(=O)Oc1ccccc1C(=O)NC(C)(C)c1ccccn1. The summed E-state index contributed by atoms with van der Waals surface area (Å²) in [7, 11) is 0. The van der Waals surface area contributed by atoms with Crippen LogP contribution in [0.4, 0.5) is 0 Å². The van der Waals surface area contributed by atoms with E-state index in [2.05, 4.69) is 10.3 Å². The molecular weight excluding hydrogens is 364 g/mol. The fourth-order valence-electron chi connectivity index (χ4n) is 3.18. The van der Waals surface area contributed by atoms with Crippen molar-refractivity contribution in [1.82, 2.24) is 10.3 Å². The molecule has 0 saturated heterocycles. The Morgan fingerprint density at radius 1 is 0.897 bits per heavy atom. The molecule has 3 aromatic rings. The number of nitrogens with one attached hydrogen (secondary N) is 1. The second kappa shape index (κ2) is 8.27. The van der Waals surface area contributed by atoms with Crippen LogP contribution in [-0.2, 0) is 5.54 Å². The molecule has 1 aromatic heterocycles. The van der Waals surface area contributed by atoms with Gasteiger partial charge in [0, 0.05) is 6.20 Å². The second-order valence-corrected chi connectivity index (χ2v) is 7.45. The number of para-hydroxylation sites is 1. The fourth-order valence-corrected chi connectivity index (χ4v) is 3.18. The zero-order valence-electron chi connectivity index (χ0n) is 17.0. The van der Waals surface area contributed by atoms with Crippen LogP contribution in [0, 0.1) is 13.8 Å². The molecule has 2 aromatic carbocycles. The van der Waals surface area contributed by atoms with Crippen LogP contribution in [0.2, 0.25) is 0 Å². The Bertz CT molecular complexity index is 1020. The molecule has 1 heterocycles. The maximum atomic E-state index is 13.0. The number of pyridine rings is 1. The molecule has 0 fully saturated rings. The number of hydrogen-bond donors (Lipinski definition) is 1. The topological polar surface area (TPSA) is 68.3 Å². The lowest BCUT2D eigenvalue weighted by Gasteiger charge is -2.26. The number of carbonyl (C=O) groups excluding carboxylic acids is 2. The minimum Gasteiger partial charge on any atom is -0.422 e. The van der Waals surface area contributed by atoms with Gasteiger partial charge in [-0.25, -0.2) is 4.79 Å². The summed E-state index contributed by atoms with van der Waals surface area (Å²) in [4.78, 5) is 30.1. The Morgan fingerprint density at radius 2 is 1.55 bits per heavy atom. The lowest BCUT2D eigenvalue weighted by Crippen LogP contribution is -2.41. The number of hydrogen-bond acceptors (Lipinski definition) is 4. The highest BCUT2D eigenvalue weighted by Gasteiger charge is 2.26. The van der Waals surface area contributed by atoms with Crippen molar-refractivity contribution in [1.29, 1.82) is 0 Å². The van der Waals surface area contributed by atoms with E-state index in [1.54, 1.807) is 30.5 Å². The summed E-state index contributed by atoms with van der Waals surface area (Å²) in [6.45, 7) is 7.46. The smallest absolute Gasteiger partial charge is 0.344 e. The number of aromatic nitrogens is 1. The lowest BCUT2D eigenvalue weighted by atomic mass is 9.99. The summed E-state index contributed by atoms with van der Waals surface area (Å²) in [5.41, 5.74) is 2.50. The molecule has 148 valence electrons. The maximum Gasteiger partial charge on any atom is 0.344 e. The number of carbonyl (C=O) groups is 2. The zero-order chi connectivity index (χ0) is 21.0. The first-order valence-electron chi connectivity index (χ1n) is 9.41. The van der Waals surface area contributed by atoms with Crippen molar-refractivity contribution in [3.63, 3.8) is 0 Å². The standard InChI is InChI=1S/C24H24N2O3/c1-16-10-9-11-17(2)21(16)23(28)29-19-13-6-5-12-18(19)22(27)26-24(3,4)20-14-7-8-15-25-20/h5-15H,1-4H3,(H,26,27). The molecule has 0 spiro atoms. The van der Waals surface area contributed by atoms with Crippen LogP contribution in [0.1, 0.15) is 51.4 Å². The molecule has 0 aliphatic carbocycles. The predicted octanol–water partition coefficient (Wildman–Crippen LogP) is 4.58. The van der Waals surface area contributed by atoms with Crippen molar-refractivity contribution in [2.45, 2.75) is 33.2 Å². The van der Waals surface area contributed by atoms with Crippen LogP contribution in [0.5, 0.6) is 5.75 Å². The van der Waals surface area contributed by atoms with Gasteiger partial charge in [-0.2, -0.15) is 0 Å². The van der Waals surface area contributed by atoms with Crippen LogP contribution >= 0.6 is 0 Å². The number of ether oxygens (including phenoxy) is 1. The number of aryl methyl sites for hydroxylation is 2. The summed E-state index contributed by atoms with van der Waals surface area (Å²) < 4.78 is 5.62. The molecule has 0 aliphatic rings. The largest absolute Gasteiger partial charge is 0.422 e. The van der Waals surface area contributed by atoms with Crippen LogP contribution in [0.25, 0.3) is 0 Å². The first kappa shape index (κ1) is 20.3. The van der Waals surface area contributed by atoms with Crippen molar-refractivity contribution in [2.24, 2.45) is 0 Å². The highest BCUT2D eigenvalue weighted by atomic mass is 16.5. The van der Waals surface area contributed by atoms with Crippen LogP contribution < -0.4 is 10.1 Å². The van der Waals surface area contributed by atoms with E-state index >= 15 is 0 Å². The van der Waals surface area contributed by atoms with E-state index in [0.717, 1.165) is 16.8 Å². The molecule has 1 amide bonds. The predicted molar refractivity (Wildman–Crippen MR) is 112 cm³/mol. The van der Waals surface area contributed by atoms with Crippen molar-refractivity contribution in [3.8, 4) is 5.75 Å². The van der Waals surface area contributed by atoms with Gasteiger partial charge in [-0.05, 0) is 63.1 Å². The van der Waals surface area contributed by atoms with E-state index in [0.29, 0.717) is 5.56 Å². The molecule has 0 bridgehead atoms. The minimum atomic E-state index is -0.692. The lowest BCUT2D eigenvalue weighted by molar-refractivity contribution is 0.0730. The van der Waals surface area contributed by atoms with Crippen molar-refractivity contribution < 1.29 is 14.3 Å². The first-order valence-corrected chi connectivity index (χ1v) is 9.41. The molecule has 5 heteroatoms. The Morgan fingerprint density at radius 3 is 2.21 bits per heavy atom. The monoisotopic (exact) mass is 388 g/mol. The fraction of sp³-hybridized carbons (Fsp3) is 0.208. The van der Waals surface area contributed by atoms with Crippen LogP contribution in [-0.4, -0.2) is 16.9 Å². The molecule has 0 aliphatic heterocycles. The van der Waals surface area contributed by atoms with E-state index in [1.807, 2.05) is 64.1 Å². The van der Waals surface area contributed by atoms with Gasteiger partial charge in [0.2, 0.25) is 0 Å². The van der Waals surface area contributed by atoms with Gasteiger partial charge in [0.25, 0.3) is 5.91 Å². The number of rotatable bonds is 5. The average Bonchev–Trinajstić information content (AvgIpc) is 2.68. The van der Waals surface area contributed by atoms with Gasteiger partial charge in [-0.1, -0.05) is 36.4 Å². The van der Waals surface area contributed by atoms with Gasteiger partial charge < -0.3 is 10.1 Å². The normalized spacial score (nSPS) is 11.0. The molecule has 5 nitrogen and oxygen atoms in total. The zero-order valence-corrected chi connectivity index (χ0v) is 17.0. The van der Waals surface area contributed by atoms with Crippen molar-refractivity contribution in [2.75, 3.05) is 0 Å². The quantitative estimate of drug-likeness (QED) is 0.513. The Kier molecular flexibility index (Phi) is 5.78. The summed E-state index contributed by atoms with van der Waals surface area (Å²) in [6, 6.07) is 17.9. The van der Waals surface area contributed by atoms with Gasteiger partial charge in [0.1, 0.15) is 5.75 Å². The van der Waals surface area contributed by atoms with E-state index in [4.69, 9.17) is 4.74 Å². The number of benzene rings is 2. The summed E-state index contributed by atoms with van der Waals surface area (Å²) >= 11 is 0. The van der Waals surface area contributed by atoms with Gasteiger partial charge >= 0.3 is 5.97 Å². The number of nitrogens with zero attached hydrogens (tertiary/aromatic N) is 1.